The van der Waals surface area contributed by atoms with E-state index in [4.69, 9.17) is 0 Å². The molecule has 17 heavy (non-hydrogen) atoms. The van der Waals surface area contributed by atoms with Gasteiger partial charge in [-0.25, -0.2) is 14.8 Å². The molecule has 0 radical (unpaired) electrons. The lowest BCUT2D eigenvalue weighted by molar-refractivity contribution is -0.138. The van der Waals surface area contributed by atoms with Crippen molar-refractivity contribution in [2.45, 2.75) is 19.9 Å². The summed E-state index contributed by atoms with van der Waals surface area (Å²) < 4.78 is 0. The lowest BCUT2D eigenvalue weighted by Crippen LogP contribution is -2.48. The molecule has 1 aliphatic heterocycles. The van der Waals surface area contributed by atoms with Crippen molar-refractivity contribution in [3.63, 3.8) is 0 Å². The predicted octanol–water partition coefficient (Wildman–Crippen LogP) is 1.10. The van der Waals surface area contributed by atoms with Gasteiger partial charge in [-0.2, -0.15) is 11.8 Å². The number of hydrogen-bond acceptors (Lipinski definition) is 5. The Balaban J connectivity index is 2.32. The summed E-state index contributed by atoms with van der Waals surface area (Å²) in [7, 11) is 0. The summed E-state index contributed by atoms with van der Waals surface area (Å²) >= 11 is 1.67. The van der Waals surface area contributed by atoms with Crippen molar-refractivity contribution in [1.82, 2.24) is 9.97 Å². The first-order valence-electron chi connectivity index (χ1n) is 5.47. The fourth-order valence-electron chi connectivity index (χ4n) is 1.93. The summed E-state index contributed by atoms with van der Waals surface area (Å²) in [5.41, 5.74) is 0.870. The van der Waals surface area contributed by atoms with Gasteiger partial charge in [-0.15, -0.1) is 0 Å². The number of carboxylic acid groups (broad SMARTS) is 1. The second-order valence-corrected chi connectivity index (χ2v) is 5.19. The van der Waals surface area contributed by atoms with E-state index in [9.17, 15) is 9.90 Å². The molecular formula is C11H15N3O2S. The zero-order valence-electron chi connectivity index (χ0n) is 9.88. The number of anilines is 1. The average Bonchev–Trinajstić information content (AvgIpc) is 2.27. The fourth-order valence-corrected chi connectivity index (χ4v) is 2.97. The topological polar surface area (TPSA) is 66.3 Å². The monoisotopic (exact) mass is 253 g/mol. The molecule has 1 saturated heterocycles. The molecule has 0 bridgehead atoms. The minimum Gasteiger partial charge on any atom is -0.480 e. The highest BCUT2D eigenvalue weighted by Crippen LogP contribution is 2.23. The molecule has 6 heteroatoms. The van der Waals surface area contributed by atoms with Crippen LogP contribution < -0.4 is 4.90 Å². The summed E-state index contributed by atoms with van der Waals surface area (Å²) in [4.78, 5) is 21.6. The van der Waals surface area contributed by atoms with Crippen molar-refractivity contribution in [3.05, 3.63) is 17.6 Å². The predicted molar refractivity (Wildman–Crippen MR) is 67.6 cm³/mol. The third-order valence-corrected chi connectivity index (χ3v) is 3.68. The Morgan fingerprint density at radius 2 is 2.29 bits per heavy atom. The SMILES string of the molecule is Cc1cc(N2CCSCC2C(=O)O)nc(C)n1. The van der Waals surface area contributed by atoms with Crippen molar-refractivity contribution >= 4 is 23.5 Å². The van der Waals surface area contributed by atoms with Crippen LogP contribution in [0.25, 0.3) is 0 Å². The molecular weight excluding hydrogens is 238 g/mol. The molecule has 0 saturated carbocycles. The van der Waals surface area contributed by atoms with Crippen LogP contribution in [-0.2, 0) is 4.79 Å². The number of nitrogens with zero attached hydrogens (tertiary/aromatic N) is 3. The average molecular weight is 253 g/mol. The van der Waals surface area contributed by atoms with E-state index in [0.717, 1.165) is 23.8 Å². The van der Waals surface area contributed by atoms with Crippen LogP contribution in [-0.4, -0.2) is 45.1 Å². The lowest BCUT2D eigenvalue weighted by Gasteiger charge is -2.33. The smallest absolute Gasteiger partial charge is 0.327 e. The minimum atomic E-state index is -0.786. The van der Waals surface area contributed by atoms with Gasteiger partial charge in [-0.1, -0.05) is 0 Å². The third kappa shape index (κ3) is 2.69. The van der Waals surface area contributed by atoms with E-state index in [1.165, 1.54) is 0 Å². The van der Waals surface area contributed by atoms with Gasteiger partial charge < -0.3 is 10.0 Å². The number of hydrogen-bond donors (Lipinski definition) is 1. The molecule has 1 atom stereocenters. The molecule has 0 spiro atoms. The highest BCUT2D eigenvalue weighted by Gasteiger charge is 2.29. The van der Waals surface area contributed by atoms with Gasteiger partial charge in [0.15, 0.2) is 0 Å². The first kappa shape index (κ1) is 12.2. The van der Waals surface area contributed by atoms with Gasteiger partial charge in [0.2, 0.25) is 0 Å². The number of aryl methyl sites for hydroxylation is 2. The van der Waals surface area contributed by atoms with Crippen molar-refractivity contribution in [3.8, 4) is 0 Å². The van der Waals surface area contributed by atoms with Crippen LogP contribution in [0.2, 0.25) is 0 Å². The maximum Gasteiger partial charge on any atom is 0.327 e. The summed E-state index contributed by atoms with van der Waals surface area (Å²) in [5.74, 6) is 2.17. The minimum absolute atomic E-state index is 0.484. The van der Waals surface area contributed by atoms with Crippen LogP contribution in [0.4, 0.5) is 5.82 Å². The van der Waals surface area contributed by atoms with E-state index < -0.39 is 12.0 Å². The van der Waals surface area contributed by atoms with E-state index in [1.807, 2.05) is 24.8 Å². The number of carbonyl (C=O) groups is 1. The van der Waals surface area contributed by atoms with Crippen molar-refractivity contribution in [2.75, 3.05) is 23.0 Å². The van der Waals surface area contributed by atoms with E-state index in [-0.39, 0.29) is 0 Å². The van der Waals surface area contributed by atoms with Crippen LogP contribution in [0.3, 0.4) is 0 Å². The zero-order chi connectivity index (χ0) is 12.4. The first-order chi connectivity index (χ1) is 8.08. The van der Waals surface area contributed by atoms with Crippen LogP contribution in [0.15, 0.2) is 6.07 Å². The van der Waals surface area contributed by atoms with Crippen LogP contribution in [0.5, 0.6) is 0 Å². The zero-order valence-corrected chi connectivity index (χ0v) is 10.7. The Morgan fingerprint density at radius 3 is 2.94 bits per heavy atom. The summed E-state index contributed by atoms with van der Waals surface area (Å²) in [6.07, 6.45) is 0. The Bertz CT molecular complexity index is 418. The maximum atomic E-state index is 11.2. The number of rotatable bonds is 2. The molecule has 0 aromatic carbocycles. The van der Waals surface area contributed by atoms with Crippen LogP contribution in [0.1, 0.15) is 11.5 Å². The van der Waals surface area contributed by atoms with Gasteiger partial charge in [-0.05, 0) is 13.8 Å². The van der Waals surface area contributed by atoms with Crippen molar-refractivity contribution in [2.24, 2.45) is 0 Å². The Morgan fingerprint density at radius 1 is 1.53 bits per heavy atom. The lowest BCUT2D eigenvalue weighted by atomic mass is 10.2. The van der Waals surface area contributed by atoms with Gasteiger partial charge in [0.25, 0.3) is 0 Å². The molecule has 1 N–H and O–H groups in total. The molecule has 5 nitrogen and oxygen atoms in total. The maximum absolute atomic E-state index is 11.2. The van der Waals surface area contributed by atoms with E-state index in [2.05, 4.69) is 9.97 Å². The Kier molecular flexibility index (Phi) is 3.51. The number of aromatic nitrogens is 2. The summed E-state index contributed by atoms with van der Waals surface area (Å²) in [5, 5.41) is 9.21. The summed E-state index contributed by atoms with van der Waals surface area (Å²) in [6, 6.07) is 1.36. The van der Waals surface area contributed by atoms with E-state index in [0.29, 0.717) is 11.6 Å². The molecule has 1 aromatic rings. The third-order valence-electron chi connectivity index (χ3n) is 2.66. The molecule has 0 aliphatic carbocycles. The van der Waals surface area contributed by atoms with Gasteiger partial charge in [0.1, 0.15) is 17.7 Å². The molecule has 1 fully saturated rings. The van der Waals surface area contributed by atoms with Crippen molar-refractivity contribution < 1.29 is 9.90 Å². The number of carboxylic acids is 1. The Labute approximate surface area is 104 Å². The molecule has 2 rings (SSSR count). The van der Waals surface area contributed by atoms with E-state index in [1.54, 1.807) is 11.8 Å². The molecule has 1 aromatic heterocycles. The molecule has 1 unspecified atom stereocenters. The first-order valence-corrected chi connectivity index (χ1v) is 6.63. The normalized spacial score (nSPS) is 20.4. The molecule has 0 amide bonds. The molecule has 2 heterocycles. The highest BCUT2D eigenvalue weighted by atomic mass is 32.2. The second-order valence-electron chi connectivity index (χ2n) is 4.04. The van der Waals surface area contributed by atoms with Crippen molar-refractivity contribution in [1.29, 1.82) is 0 Å². The van der Waals surface area contributed by atoms with Gasteiger partial charge >= 0.3 is 5.97 Å². The van der Waals surface area contributed by atoms with Gasteiger partial charge in [0, 0.05) is 29.8 Å². The van der Waals surface area contributed by atoms with Crippen LogP contribution in [0, 0.1) is 13.8 Å². The standard InChI is InChI=1S/C11H15N3O2S/c1-7-5-10(13-8(2)12-7)14-3-4-17-6-9(14)11(15)16/h5,9H,3-4,6H2,1-2H3,(H,15,16). The fraction of sp³-hybridized carbons (Fsp3) is 0.545. The van der Waals surface area contributed by atoms with E-state index >= 15 is 0 Å². The number of thioether (sulfide) groups is 1. The molecule has 1 aliphatic rings. The molecule has 92 valence electrons. The quantitative estimate of drug-likeness (QED) is 0.851. The number of aliphatic carboxylic acids is 1. The Hall–Kier alpha value is -1.30. The second kappa shape index (κ2) is 4.91. The largest absolute Gasteiger partial charge is 0.480 e. The van der Waals surface area contributed by atoms with Crippen LogP contribution >= 0.6 is 11.8 Å². The summed E-state index contributed by atoms with van der Waals surface area (Å²) in [6.45, 7) is 4.44. The van der Waals surface area contributed by atoms with Gasteiger partial charge in [0.05, 0.1) is 0 Å². The van der Waals surface area contributed by atoms with Gasteiger partial charge in [-0.3, -0.25) is 0 Å². The highest BCUT2D eigenvalue weighted by molar-refractivity contribution is 7.99.